The van der Waals surface area contributed by atoms with Crippen LogP contribution >= 0.6 is 11.3 Å². The largest absolute Gasteiger partial charge is 0.455 e. The van der Waals surface area contributed by atoms with Crippen LogP contribution < -0.4 is 5.32 Å². The van der Waals surface area contributed by atoms with Crippen LogP contribution in [0.5, 0.6) is 0 Å². The van der Waals surface area contributed by atoms with Gasteiger partial charge in [-0.05, 0) is 48.9 Å². The van der Waals surface area contributed by atoms with Crippen molar-refractivity contribution in [3.63, 3.8) is 0 Å². The van der Waals surface area contributed by atoms with Crippen LogP contribution in [-0.2, 0) is 14.3 Å². The number of carbonyl (C=O) groups excluding carboxylic acids is 2. The number of aromatic nitrogens is 1. The highest BCUT2D eigenvalue weighted by atomic mass is 32.1. The van der Waals surface area contributed by atoms with Crippen molar-refractivity contribution in [2.24, 2.45) is 5.92 Å². The second-order valence-corrected chi connectivity index (χ2v) is 7.41. The summed E-state index contributed by atoms with van der Waals surface area (Å²) in [7, 11) is 0. The SMILES string of the molecule is Cc1ccc2nc(-c3ccc(NC(=O)COC(=O)C(C)C)cc3)sc2c1. The molecule has 0 spiro atoms. The first-order chi connectivity index (χ1) is 12.4. The van der Waals surface area contributed by atoms with Gasteiger partial charge in [-0.15, -0.1) is 11.3 Å². The van der Waals surface area contributed by atoms with Crippen molar-refractivity contribution >= 4 is 39.1 Å². The topological polar surface area (TPSA) is 68.3 Å². The molecule has 1 heterocycles. The number of nitrogens with zero attached hydrogens (tertiary/aromatic N) is 1. The van der Waals surface area contributed by atoms with E-state index in [0.717, 1.165) is 20.8 Å². The summed E-state index contributed by atoms with van der Waals surface area (Å²) in [5.41, 5.74) is 3.84. The van der Waals surface area contributed by atoms with Gasteiger partial charge in [0.2, 0.25) is 0 Å². The molecular formula is C20H20N2O3S. The van der Waals surface area contributed by atoms with Crippen LogP contribution in [-0.4, -0.2) is 23.5 Å². The van der Waals surface area contributed by atoms with Crippen LogP contribution in [0.2, 0.25) is 0 Å². The molecule has 0 unspecified atom stereocenters. The molecule has 3 aromatic rings. The molecular weight excluding hydrogens is 348 g/mol. The first kappa shape index (κ1) is 18.1. The van der Waals surface area contributed by atoms with Gasteiger partial charge in [-0.2, -0.15) is 0 Å². The molecule has 1 N–H and O–H groups in total. The van der Waals surface area contributed by atoms with Crippen LogP contribution in [0.3, 0.4) is 0 Å². The zero-order chi connectivity index (χ0) is 18.7. The number of fused-ring (bicyclic) bond motifs is 1. The summed E-state index contributed by atoms with van der Waals surface area (Å²) in [6.45, 7) is 5.23. The van der Waals surface area contributed by atoms with Crippen molar-refractivity contribution in [1.82, 2.24) is 4.98 Å². The van der Waals surface area contributed by atoms with Gasteiger partial charge in [-0.25, -0.2) is 4.98 Å². The number of carbonyl (C=O) groups is 2. The minimum atomic E-state index is -0.387. The Labute approximate surface area is 156 Å². The third-order valence-corrected chi connectivity index (χ3v) is 4.84. The minimum Gasteiger partial charge on any atom is -0.455 e. The maximum Gasteiger partial charge on any atom is 0.308 e. The van der Waals surface area contributed by atoms with E-state index in [9.17, 15) is 9.59 Å². The molecule has 0 saturated carbocycles. The third-order valence-electron chi connectivity index (χ3n) is 3.78. The van der Waals surface area contributed by atoms with E-state index in [2.05, 4.69) is 29.4 Å². The third kappa shape index (κ3) is 4.26. The van der Waals surface area contributed by atoms with Crippen LogP contribution in [0.25, 0.3) is 20.8 Å². The maximum atomic E-state index is 11.8. The summed E-state index contributed by atoms with van der Waals surface area (Å²) < 4.78 is 6.07. The molecule has 0 radical (unpaired) electrons. The first-order valence-electron chi connectivity index (χ1n) is 8.36. The predicted octanol–water partition coefficient (Wildman–Crippen LogP) is 4.41. The number of nitrogens with one attached hydrogen (secondary N) is 1. The van der Waals surface area contributed by atoms with E-state index in [1.54, 1.807) is 25.2 Å². The van der Waals surface area contributed by atoms with Gasteiger partial charge in [-0.3, -0.25) is 9.59 Å². The Balaban J connectivity index is 1.66. The number of aryl methyl sites for hydroxylation is 1. The standard InChI is InChI=1S/C20H20N2O3S/c1-12(2)20(24)25-11-18(23)21-15-7-5-14(6-8-15)19-22-16-9-4-13(3)10-17(16)26-19/h4-10,12H,11H2,1-3H3,(H,21,23). The molecule has 0 atom stereocenters. The summed E-state index contributed by atoms with van der Waals surface area (Å²) in [4.78, 5) is 27.9. The lowest BCUT2D eigenvalue weighted by Crippen LogP contribution is -2.22. The van der Waals surface area contributed by atoms with Crippen molar-refractivity contribution < 1.29 is 14.3 Å². The quantitative estimate of drug-likeness (QED) is 0.677. The first-order valence-corrected chi connectivity index (χ1v) is 9.18. The number of thiazole rings is 1. The number of anilines is 1. The Morgan fingerprint density at radius 2 is 1.88 bits per heavy atom. The Morgan fingerprint density at radius 3 is 2.58 bits per heavy atom. The zero-order valence-electron chi connectivity index (χ0n) is 14.9. The molecule has 0 aliphatic heterocycles. The van der Waals surface area contributed by atoms with E-state index in [1.807, 2.05) is 30.3 Å². The number of amides is 1. The van der Waals surface area contributed by atoms with E-state index in [1.165, 1.54) is 5.56 Å². The summed E-state index contributed by atoms with van der Waals surface area (Å²) in [5.74, 6) is -0.997. The number of hydrogen-bond acceptors (Lipinski definition) is 5. The van der Waals surface area contributed by atoms with E-state index in [0.29, 0.717) is 5.69 Å². The molecule has 0 bridgehead atoms. The fraction of sp³-hybridized carbons (Fsp3) is 0.250. The number of rotatable bonds is 5. The number of esters is 1. The molecule has 1 aromatic heterocycles. The molecule has 0 aliphatic rings. The van der Waals surface area contributed by atoms with Gasteiger partial charge in [0.15, 0.2) is 6.61 Å². The van der Waals surface area contributed by atoms with Gasteiger partial charge in [0.1, 0.15) is 5.01 Å². The molecule has 134 valence electrons. The Kier molecular flexibility index (Phi) is 5.32. The van der Waals surface area contributed by atoms with Gasteiger partial charge in [0.25, 0.3) is 5.91 Å². The Hall–Kier alpha value is -2.73. The van der Waals surface area contributed by atoms with Gasteiger partial charge in [0.05, 0.1) is 16.1 Å². The average Bonchev–Trinajstić information content (AvgIpc) is 3.03. The molecule has 26 heavy (non-hydrogen) atoms. The second-order valence-electron chi connectivity index (χ2n) is 6.38. The maximum absolute atomic E-state index is 11.8. The summed E-state index contributed by atoms with van der Waals surface area (Å²) in [6, 6.07) is 13.7. The highest BCUT2D eigenvalue weighted by molar-refractivity contribution is 7.21. The van der Waals surface area contributed by atoms with Crippen molar-refractivity contribution in [1.29, 1.82) is 0 Å². The highest BCUT2D eigenvalue weighted by Crippen LogP contribution is 2.31. The molecule has 3 rings (SSSR count). The Bertz CT molecular complexity index is 945. The lowest BCUT2D eigenvalue weighted by molar-refractivity contribution is -0.150. The fourth-order valence-corrected chi connectivity index (χ4v) is 3.42. The van der Waals surface area contributed by atoms with Gasteiger partial charge >= 0.3 is 5.97 Å². The second kappa shape index (κ2) is 7.66. The fourth-order valence-electron chi connectivity index (χ4n) is 2.35. The lowest BCUT2D eigenvalue weighted by Gasteiger charge is -2.08. The molecule has 6 heteroatoms. The molecule has 5 nitrogen and oxygen atoms in total. The van der Waals surface area contributed by atoms with Crippen molar-refractivity contribution in [2.45, 2.75) is 20.8 Å². The van der Waals surface area contributed by atoms with E-state index in [4.69, 9.17) is 4.74 Å². The van der Waals surface area contributed by atoms with Crippen molar-refractivity contribution in [2.75, 3.05) is 11.9 Å². The zero-order valence-corrected chi connectivity index (χ0v) is 15.7. The molecule has 1 amide bonds. The lowest BCUT2D eigenvalue weighted by atomic mass is 10.2. The number of hydrogen-bond donors (Lipinski definition) is 1. The summed E-state index contributed by atoms with van der Waals surface area (Å²) >= 11 is 1.64. The van der Waals surface area contributed by atoms with E-state index < -0.39 is 0 Å². The molecule has 0 fully saturated rings. The van der Waals surface area contributed by atoms with E-state index in [-0.39, 0.29) is 24.4 Å². The van der Waals surface area contributed by atoms with Crippen LogP contribution in [0.1, 0.15) is 19.4 Å². The monoisotopic (exact) mass is 368 g/mol. The highest BCUT2D eigenvalue weighted by Gasteiger charge is 2.12. The van der Waals surface area contributed by atoms with Crippen molar-refractivity contribution in [3.05, 3.63) is 48.0 Å². The minimum absolute atomic E-state index is 0.250. The van der Waals surface area contributed by atoms with E-state index >= 15 is 0 Å². The van der Waals surface area contributed by atoms with Gasteiger partial charge < -0.3 is 10.1 Å². The number of benzene rings is 2. The predicted molar refractivity (Wildman–Crippen MR) is 104 cm³/mol. The van der Waals surface area contributed by atoms with Crippen LogP contribution in [0, 0.1) is 12.8 Å². The normalized spacial score (nSPS) is 10.9. The summed E-state index contributed by atoms with van der Waals surface area (Å²) in [5, 5.41) is 3.65. The average molecular weight is 368 g/mol. The molecule has 0 saturated heterocycles. The number of ether oxygens (including phenoxy) is 1. The van der Waals surface area contributed by atoms with Gasteiger partial charge in [0, 0.05) is 11.3 Å². The summed E-state index contributed by atoms with van der Waals surface area (Å²) in [6.07, 6.45) is 0. The van der Waals surface area contributed by atoms with Crippen LogP contribution in [0.4, 0.5) is 5.69 Å². The van der Waals surface area contributed by atoms with Crippen molar-refractivity contribution in [3.8, 4) is 10.6 Å². The molecule has 0 aliphatic carbocycles. The van der Waals surface area contributed by atoms with Crippen LogP contribution in [0.15, 0.2) is 42.5 Å². The van der Waals surface area contributed by atoms with Gasteiger partial charge in [-0.1, -0.05) is 19.9 Å². The smallest absolute Gasteiger partial charge is 0.308 e. The molecule has 2 aromatic carbocycles. The Morgan fingerprint density at radius 1 is 1.15 bits per heavy atom.